The van der Waals surface area contributed by atoms with E-state index in [2.05, 4.69) is 40.6 Å². The summed E-state index contributed by atoms with van der Waals surface area (Å²) in [6.45, 7) is 2.79. The van der Waals surface area contributed by atoms with Crippen LogP contribution in [0.2, 0.25) is 0 Å². The third-order valence-electron chi connectivity index (χ3n) is 2.25. The van der Waals surface area contributed by atoms with Gasteiger partial charge in [-0.1, -0.05) is 34.9 Å². The zero-order valence-electron chi connectivity index (χ0n) is 8.59. The molecule has 0 saturated carbocycles. The van der Waals surface area contributed by atoms with Crippen molar-refractivity contribution in [2.75, 3.05) is 5.73 Å². The highest BCUT2D eigenvalue weighted by atomic mass is 15.6. The SMILES string of the molecule is Cc1cccc(CCn2nnnc2N)c1. The Bertz CT molecular complexity index is 449. The van der Waals surface area contributed by atoms with Gasteiger partial charge in [0.15, 0.2) is 0 Å². The van der Waals surface area contributed by atoms with Gasteiger partial charge in [0.25, 0.3) is 0 Å². The van der Waals surface area contributed by atoms with Gasteiger partial charge in [0.05, 0.1) is 6.54 Å². The molecule has 0 fully saturated rings. The summed E-state index contributed by atoms with van der Waals surface area (Å²) in [5.74, 6) is 0.364. The number of rotatable bonds is 3. The van der Waals surface area contributed by atoms with Crippen LogP contribution in [-0.4, -0.2) is 20.2 Å². The van der Waals surface area contributed by atoms with Gasteiger partial charge in [-0.25, -0.2) is 4.68 Å². The Morgan fingerprint density at radius 2 is 2.27 bits per heavy atom. The molecule has 0 saturated heterocycles. The second-order valence-electron chi connectivity index (χ2n) is 3.50. The van der Waals surface area contributed by atoms with Crippen LogP contribution in [0.3, 0.4) is 0 Å². The van der Waals surface area contributed by atoms with Gasteiger partial charge in [-0.15, -0.1) is 0 Å². The van der Waals surface area contributed by atoms with Crippen LogP contribution in [0.1, 0.15) is 11.1 Å². The van der Waals surface area contributed by atoms with E-state index >= 15 is 0 Å². The normalized spacial score (nSPS) is 10.5. The molecule has 1 heterocycles. The van der Waals surface area contributed by atoms with Gasteiger partial charge in [0, 0.05) is 0 Å². The summed E-state index contributed by atoms with van der Waals surface area (Å²) < 4.78 is 1.60. The van der Waals surface area contributed by atoms with E-state index in [1.807, 2.05) is 6.07 Å². The van der Waals surface area contributed by atoms with Crippen LogP contribution in [0.15, 0.2) is 24.3 Å². The van der Waals surface area contributed by atoms with Crippen molar-refractivity contribution in [2.45, 2.75) is 19.9 Å². The molecule has 0 atom stereocenters. The number of benzene rings is 1. The standard InChI is InChI=1S/C10H13N5/c1-8-3-2-4-9(7-8)5-6-15-10(11)12-13-14-15/h2-4,7H,5-6H2,1H3,(H2,11,12,14). The maximum absolute atomic E-state index is 5.56. The van der Waals surface area contributed by atoms with E-state index in [1.165, 1.54) is 11.1 Å². The highest BCUT2D eigenvalue weighted by Gasteiger charge is 2.00. The lowest BCUT2D eigenvalue weighted by Crippen LogP contribution is -2.07. The van der Waals surface area contributed by atoms with Crippen LogP contribution in [0.5, 0.6) is 0 Å². The second kappa shape index (κ2) is 4.08. The van der Waals surface area contributed by atoms with Crippen LogP contribution < -0.4 is 5.73 Å². The molecule has 5 heteroatoms. The van der Waals surface area contributed by atoms with E-state index in [-0.39, 0.29) is 0 Å². The smallest absolute Gasteiger partial charge is 0.240 e. The first-order valence-electron chi connectivity index (χ1n) is 4.83. The summed E-state index contributed by atoms with van der Waals surface area (Å²) >= 11 is 0. The quantitative estimate of drug-likeness (QED) is 0.801. The number of nitrogen functional groups attached to an aromatic ring is 1. The van der Waals surface area contributed by atoms with Gasteiger partial charge >= 0.3 is 0 Å². The van der Waals surface area contributed by atoms with E-state index in [0.29, 0.717) is 12.5 Å². The van der Waals surface area contributed by atoms with Gasteiger partial charge in [-0.05, 0) is 29.3 Å². The van der Waals surface area contributed by atoms with Crippen molar-refractivity contribution in [1.29, 1.82) is 0 Å². The van der Waals surface area contributed by atoms with Crippen molar-refractivity contribution in [3.05, 3.63) is 35.4 Å². The molecular formula is C10H13N5. The number of tetrazole rings is 1. The second-order valence-corrected chi connectivity index (χ2v) is 3.50. The lowest BCUT2D eigenvalue weighted by atomic mass is 10.1. The maximum atomic E-state index is 5.56. The number of hydrogen-bond acceptors (Lipinski definition) is 4. The molecule has 78 valence electrons. The predicted octanol–water partition coefficient (Wildman–Crippen LogP) is 0.806. The number of hydrogen-bond donors (Lipinski definition) is 1. The zero-order valence-corrected chi connectivity index (χ0v) is 8.59. The molecule has 0 bridgehead atoms. The molecule has 0 aliphatic carbocycles. The van der Waals surface area contributed by atoms with Crippen molar-refractivity contribution >= 4 is 5.95 Å². The molecule has 0 spiro atoms. The van der Waals surface area contributed by atoms with E-state index in [4.69, 9.17) is 5.73 Å². The van der Waals surface area contributed by atoms with E-state index in [0.717, 1.165) is 6.42 Å². The van der Waals surface area contributed by atoms with Crippen molar-refractivity contribution in [3.8, 4) is 0 Å². The maximum Gasteiger partial charge on any atom is 0.240 e. The molecule has 2 N–H and O–H groups in total. The highest BCUT2D eigenvalue weighted by Crippen LogP contribution is 2.06. The predicted molar refractivity (Wildman–Crippen MR) is 57.1 cm³/mol. The number of nitrogens with two attached hydrogens (primary N) is 1. The molecule has 1 aromatic heterocycles. The Kier molecular flexibility index (Phi) is 2.62. The van der Waals surface area contributed by atoms with Gasteiger partial charge in [-0.2, -0.15) is 0 Å². The molecule has 0 amide bonds. The van der Waals surface area contributed by atoms with Crippen LogP contribution >= 0.6 is 0 Å². The number of anilines is 1. The monoisotopic (exact) mass is 203 g/mol. The first kappa shape index (κ1) is 9.64. The Labute approximate surface area is 87.9 Å². The summed E-state index contributed by atoms with van der Waals surface area (Å²) in [6.07, 6.45) is 0.886. The molecule has 2 rings (SSSR count). The summed E-state index contributed by atoms with van der Waals surface area (Å²) in [7, 11) is 0. The minimum Gasteiger partial charge on any atom is -0.367 e. The molecular weight excluding hydrogens is 190 g/mol. The van der Waals surface area contributed by atoms with Crippen molar-refractivity contribution < 1.29 is 0 Å². The zero-order chi connectivity index (χ0) is 10.7. The number of aromatic nitrogens is 4. The number of aryl methyl sites for hydroxylation is 3. The molecule has 15 heavy (non-hydrogen) atoms. The summed E-state index contributed by atoms with van der Waals surface area (Å²) in [6, 6.07) is 8.37. The molecule has 1 aromatic carbocycles. The van der Waals surface area contributed by atoms with Gasteiger partial charge < -0.3 is 5.73 Å². The molecule has 2 aromatic rings. The summed E-state index contributed by atoms with van der Waals surface area (Å²) in [4.78, 5) is 0. The van der Waals surface area contributed by atoms with Crippen molar-refractivity contribution in [1.82, 2.24) is 20.2 Å². The van der Waals surface area contributed by atoms with Crippen LogP contribution in [-0.2, 0) is 13.0 Å². The fourth-order valence-electron chi connectivity index (χ4n) is 1.47. The van der Waals surface area contributed by atoms with Crippen LogP contribution in [0, 0.1) is 6.92 Å². The fraction of sp³-hybridized carbons (Fsp3) is 0.300. The minimum absolute atomic E-state index is 0.364. The van der Waals surface area contributed by atoms with E-state index in [9.17, 15) is 0 Å². The molecule has 5 nitrogen and oxygen atoms in total. The average molecular weight is 203 g/mol. The Morgan fingerprint density at radius 3 is 2.93 bits per heavy atom. The molecule has 0 unspecified atom stereocenters. The average Bonchev–Trinajstić information content (AvgIpc) is 2.61. The minimum atomic E-state index is 0.364. The van der Waals surface area contributed by atoms with E-state index < -0.39 is 0 Å². The Balaban J connectivity index is 2.02. The van der Waals surface area contributed by atoms with Gasteiger partial charge in [-0.3, -0.25) is 0 Å². The lowest BCUT2D eigenvalue weighted by Gasteiger charge is -2.02. The lowest BCUT2D eigenvalue weighted by molar-refractivity contribution is 0.595. The van der Waals surface area contributed by atoms with Crippen LogP contribution in [0.25, 0.3) is 0 Å². The van der Waals surface area contributed by atoms with Gasteiger partial charge in [0.1, 0.15) is 0 Å². The van der Waals surface area contributed by atoms with Crippen molar-refractivity contribution in [2.24, 2.45) is 0 Å². The third kappa shape index (κ3) is 2.31. The van der Waals surface area contributed by atoms with Gasteiger partial charge in [0.2, 0.25) is 5.95 Å². The number of nitrogens with zero attached hydrogens (tertiary/aromatic N) is 4. The Hall–Kier alpha value is -1.91. The highest BCUT2D eigenvalue weighted by molar-refractivity contribution is 5.22. The topological polar surface area (TPSA) is 69.6 Å². The summed E-state index contributed by atoms with van der Waals surface area (Å²) in [5.41, 5.74) is 8.09. The first-order chi connectivity index (χ1) is 7.25. The Morgan fingerprint density at radius 1 is 1.40 bits per heavy atom. The molecule has 0 aliphatic heterocycles. The third-order valence-corrected chi connectivity index (χ3v) is 2.25. The van der Waals surface area contributed by atoms with E-state index in [1.54, 1.807) is 4.68 Å². The van der Waals surface area contributed by atoms with Crippen LogP contribution in [0.4, 0.5) is 5.95 Å². The fourth-order valence-corrected chi connectivity index (χ4v) is 1.47. The van der Waals surface area contributed by atoms with Crippen molar-refractivity contribution in [3.63, 3.8) is 0 Å². The summed E-state index contributed by atoms with van der Waals surface area (Å²) in [5, 5.41) is 10.9. The largest absolute Gasteiger partial charge is 0.367 e. The first-order valence-corrected chi connectivity index (χ1v) is 4.83. The molecule has 0 radical (unpaired) electrons. The molecule has 0 aliphatic rings.